The Morgan fingerprint density at radius 3 is 2.55 bits per heavy atom. The van der Waals surface area contributed by atoms with E-state index in [1.807, 2.05) is 0 Å². The lowest BCUT2D eigenvalue weighted by Crippen LogP contribution is -2.36. The fourth-order valence-corrected chi connectivity index (χ4v) is 1.78. The quantitative estimate of drug-likeness (QED) is 0.763. The molecule has 3 N–H and O–H groups in total. The molecule has 110 valence electrons. The standard InChI is InChI=1S/C14H19BrN2O3/c1-4-14(2,3)8-16-13(20)17-11-7-9(15)5-6-10(11)12(18)19/h5-7H,4,8H2,1-3H3,(H,18,19)(H2,16,17,20). The lowest BCUT2D eigenvalue weighted by Gasteiger charge is -2.23. The average Bonchev–Trinajstić information content (AvgIpc) is 2.36. The maximum atomic E-state index is 11.8. The summed E-state index contributed by atoms with van der Waals surface area (Å²) in [6, 6.07) is 4.21. The van der Waals surface area contributed by atoms with Crippen molar-refractivity contribution >= 4 is 33.6 Å². The van der Waals surface area contributed by atoms with Crippen molar-refractivity contribution < 1.29 is 14.7 Å². The van der Waals surface area contributed by atoms with Gasteiger partial charge in [0.1, 0.15) is 0 Å². The Balaban J connectivity index is 2.75. The third-order valence-electron chi connectivity index (χ3n) is 3.14. The van der Waals surface area contributed by atoms with Crippen LogP contribution in [0.1, 0.15) is 37.6 Å². The van der Waals surface area contributed by atoms with E-state index in [1.54, 1.807) is 12.1 Å². The van der Waals surface area contributed by atoms with Crippen molar-refractivity contribution in [1.29, 1.82) is 0 Å². The number of halogens is 1. The molecule has 1 aromatic carbocycles. The molecule has 0 saturated heterocycles. The molecule has 0 radical (unpaired) electrons. The summed E-state index contributed by atoms with van der Waals surface area (Å²) in [4.78, 5) is 22.9. The van der Waals surface area contributed by atoms with E-state index in [1.165, 1.54) is 6.07 Å². The lowest BCUT2D eigenvalue weighted by atomic mass is 9.90. The van der Waals surface area contributed by atoms with E-state index in [0.717, 1.165) is 6.42 Å². The summed E-state index contributed by atoms with van der Waals surface area (Å²) in [7, 11) is 0. The minimum atomic E-state index is -1.08. The van der Waals surface area contributed by atoms with E-state index in [2.05, 4.69) is 47.3 Å². The molecular weight excluding hydrogens is 324 g/mol. The Kier molecular flexibility index (Phi) is 5.56. The van der Waals surface area contributed by atoms with Crippen LogP contribution in [0.4, 0.5) is 10.5 Å². The number of urea groups is 1. The number of nitrogens with one attached hydrogen (secondary N) is 2. The average molecular weight is 343 g/mol. The second-order valence-corrected chi connectivity index (χ2v) is 6.24. The molecule has 0 aromatic heterocycles. The monoisotopic (exact) mass is 342 g/mol. The molecule has 0 fully saturated rings. The van der Waals surface area contributed by atoms with Crippen LogP contribution in [0.25, 0.3) is 0 Å². The molecule has 0 heterocycles. The van der Waals surface area contributed by atoms with Crippen molar-refractivity contribution in [3.05, 3.63) is 28.2 Å². The van der Waals surface area contributed by atoms with Crippen molar-refractivity contribution in [2.75, 3.05) is 11.9 Å². The Morgan fingerprint density at radius 1 is 1.35 bits per heavy atom. The van der Waals surface area contributed by atoms with Gasteiger partial charge in [-0.1, -0.05) is 36.7 Å². The van der Waals surface area contributed by atoms with E-state index in [9.17, 15) is 9.59 Å². The summed E-state index contributed by atoms with van der Waals surface area (Å²) in [6.07, 6.45) is 0.935. The number of benzene rings is 1. The summed E-state index contributed by atoms with van der Waals surface area (Å²) in [5.41, 5.74) is 0.321. The molecule has 0 aliphatic heterocycles. The highest BCUT2D eigenvalue weighted by molar-refractivity contribution is 9.10. The molecule has 20 heavy (non-hydrogen) atoms. The first-order valence-corrected chi connectivity index (χ1v) is 7.12. The number of anilines is 1. The Bertz CT molecular complexity index is 515. The van der Waals surface area contributed by atoms with Gasteiger partial charge in [0.15, 0.2) is 0 Å². The first kappa shape index (κ1) is 16.5. The van der Waals surface area contributed by atoms with Crippen molar-refractivity contribution in [3.63, 3.8) is 0 Å². The van der Waals surface area contributed by atoms with Crippen LogP contribution in [0.5, 0.6) is 0 Å². The smallest absolute Gasteiger partial charge is 0.337 e. The number of rotatable bonds is 5. The predicted molar refractivity (Wildman–Crippen MR) is 82.2 cm³/mol. The van der Waals surface area contributed by atoms with Gasteiger partial charge in [0.25, 0.3) is 0 Å². The van der Waals surface area contributed by atoms with Gasteiger partial charge in [-0.05, 0) is 30.0 Å². The van der Waals surface area contributed by atoms with Crippen LogP contribution in [0.15, 0.2) is 22.7 Å². The fourth-order valence-electron chi connectivity index (χ4n) is 1.42. The van der Waals surface area contributed by atoms with E-state index < -0.39 is 12.0 Å². The molecule has 0 aliphatic carbocycles. The second kappa shape index (κ2) is 6.74. The first-order valence-electron chi connectivity index (χ1n) is 6.33. The number of carboxylic acids is 1. The Hall–Kier alpha value is -1.56. The number of carbonyl (C=O) groups excluding carboxylic acids is 1. The van der Waals surface area contributed by atoms with Crippen LogP contribution < -0.4 is 10.6 Å². The van der Waals surface area contributed by atoms with E-state index >= 15 is 0 Å². The molecule has 6 heteroatoms. The van der Waals surface area contributed by atoms with E-state index in [-0.39, 0.29) is 16.7 Å². The van der Waals surface area contributed by atoms with Crippen LogP contribution >= 0.6 is 15.9 Å². The topological polar surface area (TPSA) is 78.4 Å². The van der Waals surface area contributed by atoms with Crippen molar-refractivity contribution in [3.8, 4) is 0 Å². The van der Waals surface area contributed by atoms with Gasteiger partial charge < -0.3 is 15.7 Å². The molecule has 0 aliphatic rings. The van der Waals surface area contributed by atoms with Gasteiger partial charge in [0.2, 0.25) is 0 Å². The van der Waals surface area contributed by atoms with E-state index in [0.29, 0.717) is 11.0 Å². The third kappa shape index (κ3) is 4.85. The minimum Gasteiger partial charge on any atom is -0.478 e. The maximum Gasteiger partial charge on any atom is 0.337 e. The second-order valence-electron chi connectivity index (χ2n) is 5.32. The highest BCUT2D eigenvalue weighted by atomic mass is 79.9. The van der Waals surface area contributed by atoms with Gasteiger partial charge in [-0.3, -0.25) is 0 Å². The van der Waals surface area contributed by atoms with Gasteiger partial charge in [0.05, 0.1) is 11.3 Å². The molecule has 1 aromatic rings. The molecule has 0 atom stereocenters. The zero-order valence-electron chi connectivity index (χ0n) is 11.8. The molecule has 0 saturated carbocycles. The lowest BCUT2D eigenvalue weighted by molar-refractivity contribution is 0.0698. The highest BCUT2D eigenvalue weighted by Gasteiger charge is 2.17. The predicted octanol–water partition coefficient (Wildman–Crippen LogP) is 3.71. The molecular formula is C14H19BrN2O3. The van der Waals surface area contributed by atoms with Crippen LogP contribution in [-0.2, 0) is 0 Å². The zero-order chi connectivity index (χ0) is 15.3. The van der Waals surface area contributed by atoms with Gasteiger partial charge in [-0.15, -0.1) is 0 Å². The highest BCUT2D eigenvalue weighted by Crippen LogP contribution is 2.22. The van der Waals surface area contributed by atoms with Gasteiger partial charge in [-0.2, -0.15) is 0 Å². The number of carboxylic acid groups (broad SMARTS) is 1. The molecule has 0 unspecified atom stereocenters. The molecule has 5 nitrogen and oxygen atoms in total. The van der Waals surface area contributed by atoms with Crippen molar-refractivity contribution in [2.45, 2.75) is 27.2 Å². The van der Waals surface area contributed by atoms with Crippen LogP contribution in [0, 0.1) is 5.41 Å². The maximum absolute atomic E-state index is 11.8. The Morgan fingerprint density at radius 2 is 2.00 bits per heavy atom. The molecule has 2 amide bonds. The van der Waals surface area contributed by atoms with Crippen molar-refractivity contribution in [2.24, 2.45) is 5.41 Å². The summed E-state index contributed by atoms with van der Waals surface area (Å²) in [6.45, 7) is 6.67. The number of hydrogen-bond acceptors (Lipinski definition) is 2. The number of aromatic carboxylic acids is 1. The molecule has 0 spiro atoms. The SMILES string of the molecule is CCC(C)(C)CNC(=O)Nc1cc(Br)ccc1C(=O)O. The molecule has 0 bridgehead atoms. The van der Waals surface area contributed by atoms with Crippen LogP contribution in [-0.4, -0.2) is 23.7 Å². The Labute approximate surface area is 126 Å². The fraction of sp³-hybridized carbons (Fsp3) is 0.429. The molecule has 1 rings (SSSR count). The summed E-state index contributed by atoms with van der Waals surface area (Å²) in [5, 5.41) is 14.4. The largest absolute Gasteiger partial charge is 0.478 e. The number of hydrogen-bond donors (Lipinski definition) is 3. The van der Waals surface area contributed by atoms with Gasteiger partial charge in [0, 0.05) is 11.0 Å². The zero-order valence-corrected chi connectivity index (χ0v) is 13.4. The summed E-state index contributed by atoms with van der Waals surface area (Å²) < 4.78 is 0.701. The van der Waals surface area contributed by atoms with Crippen LogP contribution in [0.3, 0.4) is 0 Å². The van der Waals surface area contributed by atoms with E-state index in [4.69, 9.17) is 5.11 Å². The summed E-state index contributed by atoms with van der Waals surface area (Å²) in [5.74, 6) is -1.08. The summed E-state index contributed by atoms with van der Waals surface area (Å²) >= 11 is 3.25. The third-order valence-corrected chi connectivity index (χ3v) is 3.64. The van der Waals surface area contributed by atoms with Crippen molar-refractivity contribution in [1.82, 2.24) is 5.32 Å². The number of carbonyl (C=O) groups is 2. The van der Waals surface area contributed by atoms with Gasteiger partial charge >= 0.3 is 12.0 Å². The minimum absolute atomic E-state index is 0.00421. The van der Waals surface area contributed by atoms with Crippen LogP contribution in [0.2, 0.25) is 0 Å². The van der Waals surface area contributed by atoms with Gasteiger partial charge in [-0.25, -0.2) is 9.59 Å². The first-order chi connectivity index (χ1) is 9.25. The number of amides is 2. The normalized spacial score (nSPS) is 11.0.